The number of hydrogen-bond donors (Lipinski definition) is 2. The Kier molecular flexibility index (Phi) is 22.8. The summed E-state index contributed by atoms with van der Waals surface area (Å²) in [5, 5.41) is 17.7. The summed E-state index contributed by atoms with van der Waals surface area (Å²) in [5.74, 6) is 0. The first-order valence-corrected chi connectivity index (χ1v) is 11.5. The van der Waals surface area contributed by atoms with E-state index in [4.69, 9.17) is 14.9 Å². The van der Waals surface area contributed by atoms with Gasteiger partial charge in [0.1, 0.15) is 0 Å². The second kappa shape index (κ2) is 23.4. The third-order valence-corrected chi connectivity index (χ3v) is 4.94. The minimum Gasteiger partial charge on any atom is -0.394 e. The maximum Gasteiger partial charge on any atom is 0.0760 e. The fraction of sp³-hybridized carbons (Fsp3) is 0.833. The Bertz CT molecular complexity index is 326. The van der Waals surface area contributed by atoms with Crippen molar-refractivity contribution in [1.29, 1.82) is 0 Å². The summed E-state index contributed by atoms with van der Waals surface area (Å²) < 4.78 is 5.65. The molecule has 3 heteroatoms. The van der Waals surface area contributed by atoms with Gasteiger partial charge in [-0.1, -0.05) is 121 Å². The van der Waals surface area contributed by atoms with E-state index in [0.717, 1.165) is 6.42 Å². The zero-order chi connectivity index (χ0) is 19.8. The molecule has 0 heterocycles. The molecule has 0 aliphatic heterocycles. The zero-order valence-electron chi connectivity index (χ0n) is 17.9. The van der Waals surface area contributed by atoms with Gasteiger partial charge in [-0.25, -0.2) is 0 Å². The normalized spacial score (nSPS) is 13.1. The quantitative estimate of drug-likeness (QED) is 0.180. The molecule has 0 bridgehead atoms. The van der Waals surface area contributed by atoms with Gasteiger partial charge in [0, 0.05) is 0 Å². The molecule has 0 fully saturated rings. The highest BCUT2D eigenvalue weighted by Gasteiger charge is 2.04. The van der Waals surface area contributed by atoms with Crippen LogP contribution in [0.2, 0.25) is 0 Å². The van der Waals surface area contributed by atoms with Crippen LogP contribution in [0.25, 0.3) is 0 Å². The lowest BCUT2D eigenvalue weighted by atomic mass is 10.0. The van der Waals surface area contributed by atoms with Crippen LogP contribution in [0, 0.1) is 0 Å². The van der Waals surface area contributed by atoms with E-state index >= 15 is 0 Å². The van der Waals surface area contributed by atoms with Crippen LogP contribution in [0.1, 0.15) is 103 Å². The fourth-order valence-corrected chi connectivity index (χ4v) is 3.31. The molecule has 0 aromatic heterocycles. The third kappa shape index (κ3) is 21.5. The topological polar surface area (TPSA) is 49.7 Å². The SMILES string of the molecule is CCCCCCCCCCCCCCCC[C@@H](/C=C/C=C/CO)OCCO. The number of ether oxygens (including phenoxy) is 1. The van der Waals surface area contributed by atoms with Crippen molar-refractivity contribution < 1.29 is 14.9 Å². The fourth-order valence-electron chi connectivity index (χ4n) is 3.31. The predicted octanol–water partition coefficient (Wildman–Crippen LogP) is 6.34. The molecule has 160 valence electrons. The molecule has 0 aliphatic carbocycles. The lowest BCUT2D eigenvalue weighted by molar-refractivity contribution is 0.0489. The number of aliphatic hydroxyl groups is 2. The van der Waals surface area contributed by atoms with Gasteiger partial charge in [-0.15, -0.1) is 0 Å². The highest BCUT2D eigenvalue weighted by atomic mass is 16.5. The van der Waals surface area contributed by atoms with Crippen molar-refractivity contribution in [2.24, 2.45) is 0 Å². The van der Waals surface area contributed by atoms with Gasteiger partial charge in [-0.3, -0.25) is 0 Å². The van der Waals surface area contributed by atoms with Crippen molar-refractivity contribution in [1.82, 2.24) is 0 Å². The second-order valence-corrected chi connectivity index (χ2v) is 7.51. The summed E-state index contributed by atoms with van der Waals surface area (Å²) in [4.78, 5) is 0. The molecule has 27 heavy (non-hydrogen) atoms. The van der Waals surface area contributed by atoms with Gasteiger partial charge in [0.2, 0.25) is 0 Å². The van der Waals surface area contributed by atoms with Crippen molar-refractivity contribution in [2.75, 3.05) is 19.8 Å². The number of aliphatic hydroxyl groups excluding tert-OH is 2. The molecule has 0 unspecified atom stereocenters. The van der Waals surface area contributed by atoms with Gasteiger partial charge < -0.3 is 14.9 Å². The van der Waals surface area contributed by atoms with E-state index in [-0.39, 0.29) is 19.3 Å². The lowest BCUT2D eigenvalue weighted by Crippen LogP contribution is -2.12. The van der Waals surface area contributed by atoms with Crippen molar-refractivity contribution in [3.63, 3.8) is 0 Å². The van der Waals surface area contributed by atoms with E-state index in [1.54, 1.807) is 6.08 Å². The second-order valence-electron chi connectivity index (χ2n) is 7.51. The Morgan fingerprint density at radius 3 is 1.70 bits per heavy atom. The molecular formula is C24H46O3. The van der Waals surface area contributed by atoms with Crippen LogP contribution in [-0.4, -0.2) is 36.1 Å². The van der Waals surface area contributed by atoms with Crippen molar-refractivity contribution in [3.8, 4) is 0 Å². The van der Waals surface area contributed by atoms with Crippen LogP contribution in [0.4, 0.5) is 0 Å². The Hall–Kier alpha value is -0.640. The summed E-state index contributed by atoms with van der Waals surface area (Å²) in [6.45, 7) is 2.79. The molecule has 1 atom stereocenters. The average Bonchev–Trinajstić information content (AvgIpc) is 2.68. The highest BCUT2D eigenvalue weighted by molar-refractivity contribution is 5.05. The van der Waals surface area contributed by atoms with Crippen LogP contribution in [0.15, 0.2) is 24.3 Å². The number of rotatable bonds is 21. The summed E-state index contributed by atoms with van der Waals surface area (Å²) >= 11 is 0. The molecule has 3 nitrogen and oxygen atoms in total. The van der Waals surface area contributed by atoms with E-state index in [1.807, 2.05) is 18.2 Å². The van der Waals surface area contributed by atoms with Crippen LogP contribution in [0.3, 0.4) is 0 Å². The monoisotopic (exact) mass is 382 g/mol. The first-order chi connectivity index (χ1) is 13.3. The molecule has 0 amide bonds. The third-order valence-electron chi connectivity index (χ3n) is 4.94. The first-order valence-electron chi connectivity index (χ1n) is 11.5. The van der Waals surface area contributed by atoms with Crippen LogP contribution < -0.4 is 0 Å². The van der Waals surface area contributed by atoms with Crippen LogP contribution >= 0.6 is 0 Å². The summed E-state index contributed by atoms with van der Waals surface area (Å²) in [6.07, 6.45) is 27.7. The maximum absolute atomic E-state index is 8.92. The summed E-state index contributed by atoms with van der Waals surface area (Å²) in [5.41, 5.74) is 0. The minimum absolute atomic E-state index is 0.0610. The van der Waals surface area contributed by atoms with Gasteiger partial charge in [-0.05, 0) is 6.42 Å². The van der Waals surface area contributed by atoms with E-state index in [1.165, 1.54) is 89.9 Å². The molecule has 0 rings (SSSR count). The molecule has 0 spiro atoms. The van der Waals surface area contributed by atoms with E-state index in [2.05, 4.69) is 6.92 Å². The Morgan fingerprint density at radius 1 is 0.704 bits per heavy atom. The van der Waals surface area contributed by atoms with E-state index in [9.17, 15) is 0 Å². The lowest BCUT2D eigenvalue weighted by Gasteiger charge is -2.13. The Balaban J connectivity index is 3.48. The average molecular weight is 383 g/mol. The molecule has 0 aromatic carbocycles. The van der Waals surface area contributed by atoms with Crippen molar-refractivity contribution >= 4 is 0 Å². The van der Waals surface area contributed by atoms with E-state index < -0.39 is 0 Å². The number of unbranched alkanes of at least 4 members (excludes halogenated alkanes) is 13. The van der Waals surface area contributed by atoms with Gasteiger partial charge in [0.05, 0.1) is 25.9 Å². The highest BCUT2D eigenvalue weighted by Crippen LogP contribution is 2.14. The number of hydrogen-bond acceptors (Lipinski definition) is 3. The van der Waals surface area contributed by atoms with Crippen molar-refractivity contribution in [2.45, 2.75) is 109 Å². The molecular weight excluding hydrogens is 336 g/mol. The molecule has 0 saturated heterocycles. The van der Waals surface area contributed by atoms with Gasteiger partial charge in [0.25, 0.3) is 0 Å². The Morgan fingerprint density at radius 2 is 1.22 bits per heavy atom. The predicted molar refractivity (Wildman–Crippen MR) is 117 cm³/mol. The molecule has 0 aliphatic rings. The standard InChI is InChI=1S/C24H46O3/c1-2-3-4-5-6-7-8-9-10-11-12-13-14-16-19-24(27-23-22-26)20-17-15-18-21-25/h15,17-18,20,24-26H,2-14,16,19,21-23H2,1H3/b18-15+,20-17+/t24-/m0/s1. The summed E-state index contributed by atoms with van der Waals surface area (Å²) in [6, 6.07) is 0. The smallest absolute Gasteiger partial charge is 0.0760 e. The number of allylic oxidation sites excluding steroid dienone is 2. The molecule has 2 N–H and O–H groups in total. The van der Waals surface area contributed by atoms with Crippen molar-refractivity contribution in [3.05, 3.63) is 24.3 Å². The first kappa shape index (κ1) is 26.4. The molecule has 0 saturated carbocycles. The van der Waals surface area contributed by atoms with Gasteiger partial charge >= 0.3 is 0 Å². The molecule has 0 radical (unpaired) electrons. The zero-order valence-corrected chi connectivity index (χ0v) is 17.9. The molecule has 0 aromatic rings. The Labute approximate surface area is 168 Å². The van der Waals surface area contributed by atoms with Gasteiger partial charge in [-0.2, -0.15) is 0 Å². The largest absolute Gasteiger partial charge is 0.394 e. The minimum atomic E-state index is 0.0610. The van der Waals surface area contributed by atoms with Gasteiger partial charge in [0.15, 0.2) is 0 Å². The van der Waals surface area contributed by atoms with Crippen LogP contribution in [-0.2, 0) is 4.74 Å². The summed E-state index contributed by atoms with van der Waals surface area (Å²) in [7, 11) is 0. The van der Waals surface area contributed by atoms with E-state index in [0.29, 0.717) is 6.61 Å². The maximum atomic E-state index is 8.92. The van der Waals surface area contributed by atoms with Crippen LogP contribution in [0.5, 0.6) is 0 Å².